The van der Waals surface area contributed by atoms with Crippen molar-refractivity contribution in [2.24, 2.45) is 4.99 Å². The maximum atomic E-state index is 13.4. The van der Waals surface area contributed by atoms with E-state index in [2.05, 4.69) is 20.5 Å². The van der Waals surface area contributed by atoms with Crippen molar-refractivity contribution in [3.63, 3.8) is 0 Å². The molecule has 2 N–H and O–H groups in total. The third kappa shape index (κ3) is 5.94. The predicted octanol–water partition coefficient (Wildman–Crippen LogP) is 3.73. The normalized spacial score (nSPS) is 15.5. The molecule has 0 aromatic heterocycles. The summed E-state index contributed by atoms with van der Waals surface area (Å²) in [7, 11) is 1.77. The van der Waals surface area contributed by atoms with Crippen LogP contribution in [0.3, 0.4) is 0 Å². The smallest absolute Gasteiger partial charge is 0.191 e. The Labute approximate surface area is 165 Å². The first-order chi connectivity index (χ1) is 13.6. The van der Waals surface area contributed by atoms with Crippen molar-refractivity contribution >= 4 is 11.6 Å². The number of piperidine rings is 1. The van der Waals surface area contributed by atoms with Crippen molar-refractivity contribution in [2.75, 3.05) is 31.6 Å². The third-order valence-electron chi connectivity index (χ3n) is 5.06. The van der Waals surface area contributed by atoms with Crippen LogP contribution in [0.5, 0.6) is 0 Å². The first-order valence-electron chi connectivity index (χ1n) is 9.86. The molecular formula is C22H28F2N4. The van der Waals surface area contributed by atoms with Gasteiger partial charge < -0.3 is 15.5 Å². The molecule has 0 bridgehead atoms. The third-order valence-corrected chi connectivity index (χ3v) is 5.06. The number of hydrogen-bond acceptors (Lipinski definition) is 2. The minimum atomic E-state index is -0.194. The second-order valence-electron chi connectivity index (χ2n) is 7.12. The average Bonchev–Trinajstić information content (AvgIpc) is 2.71. The molecule has 0 amide bonds. The van der Waals surface area contributed by atoms with Crippen LogP contribution in [0, 0.1) is 11.6 Å². The summed E-state index contributed by atoms with van der Waals surface area (Å²) in [6, 6.07) is 13.9. The molecule has 1 saturated heterocycles. The molecule has 4 nitrogen and oxygen atoms in total. The standard InChI is InChI=1S/C22H28F2N4/c1-25-22(26-12-4-6-17-5-2-7-18(23)15-17)27-20-10-13-28(14-11-20)21-9-3-8-19(24)16-21/h2-3,5,7-9,15-16,20H,4,6,10-14H2,1H3,(H2,25,26,27). The van der Waals surface area contributed by atoms with Gasteiger partial charge in [-0.2, -0.15) is 0 Å². The lowest BCUT2D eigenvalue weighted by Gasteiger charge is -2.34. The second kappa shape index (κ2) is 10.1. The molecule has 2 aromatic rings. The lowest BCUT2D eigenvalue weighted by atomic mass is 10.0. The van der Waals surface area contributed by atoms with Crippen LogP contribution in [-0.4, -0.2) is 38.7 Å². The first kappa shape index (κ1) is 20.1. The Hall–Kier alpha value is -2.63. The maximum absolute atomic E-state index is 13.4. The molecule has 0 saturated carbocycles. The molecule has 0 radical (unpaired) electrons. The molecule has 150 valence electrons. The van der Waals surface area contributed by atoms with Crippen molar-refractivity contribution in [1.29, 1.82) is 0 Å². The highest BCUT2D eigenvalue weighted by molar-refractivity contribution is 5.79. The Morgan fingerprint density at radius 1 is 1.07 bits per heavy atom. The van der Waals surface area contributed by atoms with Crippen LogP contribution < -0.4 is 15.5 Å². The minimum absolute atomic E-state index is 0.187. The molecule has 6 heteroatoms. The van der Waals surface area contributed by atoms with Crippen LogP contribution in [0.1, 0.15) is 24.8 Å². The summed E-state index contributed by atoms with van der Waals surface area (Å²) in [5.41, 5.74) is 1.95. The van der Waals surface area contributed by atoms with E-state index in [1.807, 2.05) is 12.1 Å². The van der Waals surface area contributed by atoms with Crippen LogP contribution in [0.25, 0.3) is 0 Å². The monoisotopic (exact) mass is 386 g/mol. The van der Waals surface area contributed by atoms with Crippen LogP contribution in [0.15, 0.2) is 53.5 Å². The van der Waals surface area contributed by atoms with E-state index >= 15 is 0 Å². The number of nitrogens with one attached hydrogen (secondary N) is 2. The van der Waals surface area contributed by atoms with E-state index in [0.29, 0.717) is 6.04 Å². The highest BCUT2D eigenvalue weighted by Crippen LogP contribution is 2.20. The maximum Gasteiger partial charge on any atom is 0.191 e. The summed E-state index contributed by atoms with van der Waals surface area (Å²) in [5.74, 6) is 0.413. The number of rotatable bonds is 6. The molecule has 1 fully saturated rings. The number of halogens is 2. The molecule has 28 heavy (non-hydrogen) atoms. The SMILES string of the molecule is CN=C(NCCCc1cccc(F)c1)NC1CCN(c2cccc(F)c2)CC1. The quantitative estimate of drug-likeness (QED) is 0.451. The summed E-state index contributed by atoms with van der Waals surface area (Å²) < 4.78 is 26.6. The fourth-order valence-electron chi connectivity index (χ4n) is 3.53. The van der Waals surface area contributed by atoms with Crippen LogP contribution in [0.4, 0.5) is 14.5 Å². The first-order valence-corrected chi connectivity index (χ1v) is 9.86. The molecule has 1 aliphatic heterocycles. The van der Waals surface area contributed by atoms with Crippen molar-refractivity contribution in [3.8, 4) is 0 Å². The van der Waals surface area contributed by atoms with Gasteiger partial charge in [0.25, 0.3) is 0 Å². The lowest BCUT2D eigenvalue weighted by molar-refractivity contribution is 0.461. The van der Waals surface area contributed by atoms with Crippen LogP contribution in [-0.2, 0) is 6.42 Å². The van der Waals surface area contributed by atoms with Gasteiger partial charge in [-0.15, -0.1) is 0 Å². The zero-order chi connectivity index (χ0) is 19.8. The molecule has 0 aliphatic carbocycles. The molecule has 0 atom stereocenters. The van der Waals surface area contributed by atoms with Gasteiger partial charge in [0.2, 0.25) is 0 Å². The number of aliphatic imine (C=N–C) groups is 1. The van der Waals surface area contributed by atoms with Crippen molar-refractivity contribution in [2.45, 2.75) is 31.7 Å². The Balaban J connectivity index is 1.38. The van der Waals surface area contributed by atoms with E-state index in [1.165, 1.54) is 12.1 Å². The van der Waals surface area contributed by atoms with Gasteiger partial charge in [-0.1, -0.05) is 18.2 Å². The molecule has 0 spiro atoms. The summed E-state index contributed by atoms with van der Waals surface area (Å²) >= 11 is 0. The fourth-order valence-corrected chi connectivity index (χ4v) is 3.53. The second-order valence-corrected chi connectivity index (χ2v) is 7.12. The van der Waals surface area contributed by atoms with Gasteiger partial charge >= 0.3 is 0 Å². The zero-order valence-corrected chi connectivity index (χ0v) is 16.3. The minimum Gasteiger partial charge on any atom is -0.371 e. The molecule has 2 aromatic carbocycles. The Bertz CT molecular complexity index is 786. The van der Waals surface area contributed by atoms with Gasteiger partial charge in [-0.3, -0.25) is 4.99 Å². The Morgan fingerprint density at radius 3 is 2.46 bits per heavy atom. The van der Waals surface area contributed by atoms with Gasteiger partial charge in [0, 0.05) is 38.4 Å². The Kier molecular flexibility index (Phi) is 7.23. The van der Waals surface area contributed by atoms with Gasteiger partial charge in [-0.05, 0) is 61.6 Å². The number of aryl methyl sites for hydroxylation is 1. The lowest BCUT2D eigenvalue weighted by Crippen LogP contribution is -2.49. The van der Waals surface area contributed by atoms with E-state index in [9.17, 15) is 8.78 Å². The van der Waals surface area contributed by atoms with Crippen molar-refractivity contribution in [3.05, 3.63) is 65.7 Å². The van der Waals surface area contributed by atoms with Crippen molar-refractivity contribution in [1.82, 2.24) is 10.6 Å². The number of benzene rings is 2. The van der Waals surface area contributed by atoms with Gasteiger partial charge in [0.05, 0.1) is 0 Å². The van der Waals surface area contributed by atoms with Gasteiger partial charge in [-0.25, -0.2) is 8.78 Å². The molecule has 3 rings (SSSR count). The topological polar surface area (TPSA) is 39.7 Å². The van der Waals surface area contributed by atoms with Gasteiger partial charge in [0.1, 0.15) is 11.6 Å². The van der Waals surface area contributed by atoms with E-state index in [4.69, 9.17) is 0 Å². The Morgan fingerprint density at radius 2 is 1.79 bits per heavy atom. The zero-order valence-electron chi connectivity index (χ0n) is 16.3. The number of guanidine groups is 1. The molecule has 1 aliphatic rings. The number of nitrogens with zero attached hydrogens (tertiary/aromatic N) is 2. The highest BCUT2D eigenvalue weighted by Gasteiger charge is 2.20. The number of hydrogen-bond donors (Lipinski definition) is 2. The molecule has 1 heterocycles. The largest absolute Gasteiger partial charge is 0.371 e. The van der Waals surface area contributed by atoms with E-state index in [1.54, 1.807) is 31.3 Å². The highest BCUT2D eigenvalue weighted by atomic mass is 19.1. The predicted molar refractivity (Wildman–Crippen MR) is 111 cm³/mol. The van der Waals surface area contributed by atoms with E-state index in [0.717, 1.165) is 62.5 Å². The summed E-state index contributed by atoms with van der Waals surface area (Å²) in [6.45, 7) is 2.55. The van der Waals surface area contributed by atoms with E-state index in [-0.39, 0.29) is 11.6 Å². The van der Waals surface area contributed by atoms with Crippen LogP contribution >= 0.6 is 0 Å². The molecule has 0 unspecified atom stereocenters. The molecular weight excluding hydrogens is 358 g/mol. The number of anilines is 1. The summed E-state index contributed by atoms with van der Waals surface area (Å²) in [6.07, 6.45) is 3.68. The van der Waals surface area contributed by atoms with Crippen molar-refractivity contribution < 1.29 is 8.78 Å². The van der Waals surface area contributed by atoms with E-state index < -0.39 is 0 Å². The van der Waals surface area contributed by atoms with Gasteiger partial charge in [0.15, 0.2) is 5.96 Å². The fraction of sp³-hybridized carbons (Fsp3) is 0.409. The summed E-state index contributed by atoms with van der Waals surface area (Å²) in [4.78, 5) is 6.52. The van der Waals surface area contributed by atoms with Crippen LogP contribution in [0.2, 0.25) is 0 Å². The summed E-state index contributed by atoms with van der Waals surface area (Å²) in [5, 5.41) is 6.81. The average molecular weight is 386 g/mol.